The van der Waals surface area contributed by atoms with Crippen LogP contribution in [0.25, 0.3) is 0 Å². The van der Waals surface area contributed by atoms with Gasteiger partial charge in [-0.1, -0.05) is 73.1 Å². The lowest BCUT2D eigenvalue weighted by molar-refractivity contribution is 0.487. The highest BCUT2D eigenvalue weighted by atomic mass is 32.1. The van der Waals surface area contributed by atoms with Crippen molar-refractivity contribution in [3.05, 3.63) is 15.8 Å². The van der Waals surface area contributed by atoms with Crippen LogP contribution in [0.4, 0.5) is 0 Å². The largest absolute Gasteiger partial charge is 0.145 e. The zero-order chi connectivity index (χ0) is 18.2. The van der Waals surface area contributed by atoms with E-state index in [0.29, 0.717) is 0 Å². The van der Waals surface area contributed by atoms with E-state index in [0.717, 1.165) is 11.3 Å². The number of thiophene rings is 1. The van der Waals surface area contributed by atoms with Gasteiger partial charge in [-0.15, -0.1) is 11.3 Å². The SMILES string of the molecule is CCCCc1cc(P(C2CCCCC2)C2CCCCC2)c(CCCC)s1. The Hall–Kier alpha value is 0.130. The molecule has 0 aliphatic heterocycles. The van der Waals surface area contributed by atoms with Crippen LogP contribution in [0, 0.1) is 0 Å². The van der Waals surface area contributed by atoms with Gasteiger partial charge in [0.1, 0.15) is 0 Å². The minimum absolute atomic E-state index is 0.0868. The topological polar surface area (TPSA) is 0 Å². The smallest absolute Gasteiger partial charge is 0.0125 e. The Morgan fingerprint density at radius 3 is 1.88 bits per heavy atom. The van der Waals surface area contributed by atoms with Crippen molar-refractivity contribution in [1.82, 2.24) is 0 Å². The Morgan fingerprint density at radius 1 is 0.808 bits per heavy atom. The van der Waals surface area contributed by atoms with E-state index in [1.807, 2.05) is 10.2 Å². The molecule has 0 atom stereocenters. The molecule has 0 radical (unpaired) electrons. The molecule has 0 bridgehead atoms. The summed E-state index contributed by atoms with van der Waals surface area (Å²) >= 11 is 2.21. The molecule has 0 aromatic carbocycles. The fourth-order valence-electron chi connectivity index (χ4n) is 5.09. The van der Waals surface area contributed by atoms with Crippen molar-refractivity contribution in [2.24, 2.45) is 0 Å². The quantitative estimate of drug-likeness (QED) is 0.371. The number of hydrogen-bond acceptors (Lipinski definition) is 1. The van der Waals surface area contributed by atoms with Gasteiger partial charge in [0, 0.05) is 9.75 Å². The monoisotopic (exact) mass is 392 g/mol. The van der Waals surface area contributed by atoms with Gasteiger partial charge in [-0.2, -0.15) is 0 Å². The molecule has 0 spiro atoms. The third-order valence-electron chi connectivity index (χ3n) is 6.59. The van der Waals surface area contributed by atoms with Crippen LogP contribution >= 0.6 is 19.3 Å². The van der Waals surface area contributed by atoms with Gasteiger partial charge in [0.2, 0.25) is 0 Å². The molecule has 3 rings (SSSR count). The number of hydrogen-bond donors (Lipinski definition) is 0. The van der Waals surface area contributed by atoms with Crippen LogP contribution in [0.3, 0.4) is 0 Å². The highest BCUT2D eigenvalue weighted by Crippen LogP contribution is 2.56. The van der Waals surface area contributed by atoms with Crippen molar-refractivity contribution in [2.75, 3.05) is 0 Å². The molecule has 1 aromatic heterocycles. The maximum absolute atomic E-state index is 2.74. The second-order valence-corrected chi connectivity index (χ2v) is 12.7. The average Bonchev–Trinajstić information content (AvgIpc) is 3.09. The first kappa shape index (κ1) is 20.9. The van der Waals surface area contributed by atoms with Gasteiger partial charge in [-0.25, -0.2) is 0 Å². The fraction of sp³-hybridized carbons (Fsp3) is 0.833. The Kier molecular flexibility index (Phi) is 8.99. The minimum Gasteiger partial charge on any atom is -0.145 e. The second kappa shape index (κ2) is 11.2. The Morgan fingerprint density at radius 2 is 1.35 bits per heavy atom. The molecular weight excluding hydrogens is 351 g/mol. The van der Waals surface area contributed by atoms with Gasteiger partial charge in [-0.3, -0.25) is 0 Å². The summed E-state index contributed by atoms with van der Waals surface area (Å²) < 4.78 is 0. The number of unbranched alkanes of at least 4 members (excludes halogenated alkanes) is 2. The van der Waals surface area contributed by atoms with Gasteiger partial charge in [0.25, 0.3) is 0 Å². The molecule has 26 heavy (non-hydrogen) atoms. The number of rotatable bonds is 9. The molecule has 1 aromatic rings. The maximum atomic E-state index is 2.74. The van der Waals surface area contributed by atoms with E-state index < -0.39 is 0 Å². The first-order chi connectivity index (χ1) is 12.8. The third-order valence-corrected chi connectivity index (χ3v) is 11.6. The molecule has 2 saturated carbocycles. The minimum atomic E-state index is 0.0868. The molecule has 148 valence electrons. The molecule has 0 amide bonds. The zero-order valence-corrected chi connectivity index (χ0v) is 19.1. The molecule has 0 N–H and O–H groups in total. The molecule has 0 nitrogen and oxygen atoms in total. The summed E-state index contributed by atoms with van der Waals surface area (Å²) in [5.41, 5.74) is 2.10. The normalized spacial score (nSPS) is 20.1. The van der Waals surface area contributed by atoms with Gasteiger partial charge in [0.15, 0.2) is 0 Å². The van der Waals surface area contributed by atoms with Gasteiger partial charge >= 0.3 is 0 Å². The van der Waals surface area contributed by atoms with Gasteiger partial charge in [-0.05, 0) is 74.1 Å². The highest BCUT2D eigenvalue weighted by molar-refractivity contribution is 7.67. The molecule has 0 unspecified atom stereocenters. The van der Waals surface area contributed by atoms with E-state index in [9.17, 15) is 0 Å². The third kappa shape index (κ3) is 5.57. The van der Waals surface area contributed by atoms with E-state index in [-0.39, 0.29) is 7.92 Å². The van der Waals surface area contributed by atoms with Crippen molar-refractivity contribution in [2.45, 2.75) is 128 Å². The zero-order valence-electron chi connectivity index (χ0n) is 17.4. The van der Waals surface area contributed by atoms with Gasteiger partial charge in [0.05, 0.1) is 0 Å². The van der Waals surface area contributed by atoms with E-state index in [2.05, 4.69) is 31.3 Å². The predicted molar refractivity (Wildman–Crippen MR) is 122 cm³/mol. The van der Waals surface area contributed by atoms with Crippen molar-refractivity contribution in [3.8, 4) is 0 Å². The van der Waals surface area contributed by atoms with Crippen LogP contribution in [0.1, 0.15) is 113 Å². The van der Waals surface area contributed by atoms with Crippen LogP contribution in [0.15, 0.2) is 6.07 Å². The van der Waals surface area contributed by atoms with Gasteiger partial charge < -0.3 is 0 Å². The van der Waals surface area contributed by atoms with Crippen molar-refractivity contribution in [3.63, 3.8) is 0 Å². The van der Waals surface area contributed by atoms with E-state index in [1.165, 1.54) is 103 Å². The van der Waals surface area contributed by atoms with Crippen LogP contribution in [-0.4, -0.2) is 11.3 Å². The fourth-order valence-corrected chi connectivity index (χ4v) is 10.7. The first-order valence-corrected chi connectivity index (χ1v) is 14.0. The molecule has 2 heteroatoms. The van der Waals surface area contributed by atoms with E-state index in [4.69, 9.17) is 0 Å². The lowest BCUT2D eigenvalue weighted by Gasteiger charge is -2.39. The summed E-state index contributed by atoms with van der Waals surface area (Å²) in [7, 11) is 0.0868. The Bertz CT molecular complexity index is 490. The van der Waals surface area contributed by atoms with Crippen LogP contribution in [0.2, 0.25) is 0 Å². The predicted octanol–water partition coefficient (Wildman–Crippen LogP) is 8.21. The average molecular weight is 393 g/mol. The Balaban J connectivity index is 1.87. The molecule has 2 fully saturated rings. The molecule has 1 heterocycles. The van der Waals surface area contributed by atoms with E-state index >= 15 is 0 Å². The van der Waals surface area contributed by atoms with Crippen molar-refractivity contribution in [1.29, 1.82) is 0 Å². The first-order valence-electron chi connectivity index (χ1n) is 11.7. The summed E-state index contributed by atoms with van der Waals surface area (Å²) in [6.45, 7) is 4.69. The molecule has 2 aliphatic rings. The summed E-state index contributed by atoms with van der Waals surface area (Å²) in [4.78, 5) is 3.53. The molecule has 2 aliphatic carbocycles. The van der Waals surface area contributed by atoms with Crippen LogP contribution in [-0.2, 0) is 12.8 Å². The van der Waals surface area contributed by atoms with Crippen LogP contribution in [0.5, 0.6) is 0 Å². The summed E-state index contributed by atoms with van der Waals surface area (Å²) in [5, 5.41) is 1.91. The van der Waals surface area contributed by atoms with Crippen molar-refractivity contribution < 1.29 is 0 Å². The summed E-state index contributed by atoms with van der Waals surface area (Å²) in [6, 6.07) is 2.74. The maximum Gasteiger partial charge on any atom is 0.0125 e. The van der Waals surface area contributed by atoms with Crippen molar-refractivity contribution >= 4 is 24.6 Å². The Labute approximate surface area is 168 Å². The lowest BCUT2D eigenvalue weighted by Crippen LogP contribution is -2.27. The van der Waals surface area contributed by atoms with Crippen LogP contribution < -0.4 is 5.30 Å². The summed E-state index contributed by atoms with van der Waals surface area (Å²) in [5.74, 6) is 0. The lowest BCUT2D eigenvalue weighted by atomic mass is 9.99. The molecular formula is C24H41PS. The second-order valence-electron chi connectivity index (χ2n) is 8.72. The molecule has 0 saturated heterocycles. The summed E-state index contributed by atoms with van der Waals surface area (Å²) in [6.07, 6.45) is 23.3. The standard InChI is InChI=1S/C24H41PS/c1-3-5-17-22-19-23(24(26-22)18-6-4-2)25(20-13-9-7-10-14-20)21-15-11-8-12-16-21/h19-21H,3-18H2,1-2H3. The highest BCUT2D eigenvalue weighted by Gasteiger charge is 2.34. The number of aryl methyl sites for hydroxylation is 2. The van der Waals surface area contributed by atoms with E-state index in [1.54, 1.807) is 4.88 Å².